The molecule has 0 bridgehead atoms. The molecule has 0 fully saturated rings. The highest BCUT2D eigenvalue weighted by atomic mass is 19.4. The van der Waals surface area contributed by atoms with E-state index in [-0.39, 0.29) is 40.5 Å². The van der Waals surface area contributed by atoms with E-state index in [1.807, 2.05) is 5.32 Å². The predicted octanol–water partition coefficient (Wildman–Crippen LogP) is 3.46. The minimum atomic E-state index is -5.44. The van der Waals surface area contributed by atoms with Gasteiger partial charge in [-0.15, -0.1) is 0 Å². The molecule has 15 heteroatoms. The average molecular weight is 593 g/mol. The first-order valence-corrected chi connectivity index (χ1v) is 12.2. The summed E-state index contributed by atoms with van der Waals surface area (Å²) < 4.78 is 91.2. The van der Waals surface area contributed by atoms with Crippen molar-refractivity contribution in [2.24, 2.45) is 5.73 Å². The standard InChI is InChI=1S/C27H21F6N5O4/c1-25(24(34)40)12-42-21-17(25)7-19(37-20(21)13-2-4-15(29)5-3-13)26(41,27(31,32)33)11-35-23(39)14-6-18(30)22-36-16(8-28)10-38(22)9-14/h2-7,9-10,41H,8,11-12H2,1H3,(H2,34,40)(H,35,39)/t25-,26-/m0/s1. The van der Waals surface area contributed by atoms with Gasteiger partial charge in [-0.3, -0.25) is 9.59 Å². The van der Waals surface area contributed by atoms with Crippen molar-refractivity contribution in [3.05, 3.63) is 82.9 Å². The monoisotopic (exact) mass is 593 g/mol. The number of nitrogens with zero attached hydrogens (tertiary/aromatic N) is 3. The number of nitrogens with two attached hydrogens (primary N) is 1. The van der Waals surface area contributed by atoms with Crippen molar-refractivity contribution in [2.45, 2.75) is 30.8 Å². The second-order valence-corrected chi connectivity index (χ2v) is 9.94. The fraction of sp³-hybridized carbons (Fsp3) is 0.259. The van der Waals surface area contributed by atoms with Crippen LogP contribution in [0.3, 0.4) is 0 Å². The number of amides is 2. The number of alkyl halides is 4. The van der Waals surface area contributed by atoms with Gasteiger partial charge in [0.05, 0.1) is 23.5 Å². The van der Waals surface area contributed by atoms with Gasteiger partial charge in [0.1, 0.15) is 36.0 Å². The van der Waals surface area contributed by atoms with Crippen LogP contribution in [0.5, 0.6) is 5.75 Å². The Morgan fingerprint density at radius 3 is 2.45 bits per heavy atom. The fourth-order valence-electron chi connectivity index (χ4n) is 4.55. The van der Waals surface area contributed by atoms with Crippen molar-refractivity contribution in [2.75, 3.05) is 13.2 Å². The van der Waals surface area contributed by atoms with Gasteiger partial charge in [0.2, 0.25) is 11.5 Å². The Morgan fingerprint density at radius 2 is 1.83 bits per heavy atom. The molecule has 0 saturated carbocycles. The number of pyridine rings is 2. The number of hydrogen-bond acceptors (Lipinski definition) is 6. The first-order valence-electron chi connectivity index (χ1n) is 12.2. The lowest BCUT2D eigenvalue weighted by Crippen LogP contribution is -2.51. The van der Waals surface area contributed by atoms with E-state index in [0.29, 0.717) is 6.07 Å². The summed E-state index contributed by atoms with van der Waals surface area (Å²) in [6, 6.07) is 6.00. The maximum absolute atomic E-state index is 14.5. The molecule has 9 nitrogen and oxygen atoms in total. The number of ether oxygens (including phenoxy) is 1. The number of imidazole rings is 1. The van der Waals surface area contributed by atoms with Crippen molar-refractivity contribution in [3.8, 4) is 17.0 Å². The van der Waals surface area contributed by atoms with Crippen LogP contribution in [-0.4, -0.2) is 50.6 Å². The van der Waals surface area contributed by atoms with Gasteiger partial charge >= 0.3 is 6.18 Å². The van der Waals surface area contributed by atoms with E-state index in [1.54, 1.807) is 0 Å². The third-order valence-corrected chi connectivity index (χ3v) is 7.09. The van der Waals surface area contributed by atoms with Crippen LogP contribution in [0.15, 0.2) is 48.8 Å². The fourth-order valence-corrected chi connectivity index (χ4v) is 4.55. The number of benzene rings is 1. The zero-order chi connectivity index (χ0) is 30.6. The summed E-state index contributed by atoms with van der Waals surface area (Å²) >= 11 is 0. The van der Waals surface area contributed by atoms with Crippen LogP contribution in [0.1, 0.15) is 34.2 Å². The van der Waals surface area contributed by atoms with Crippen molar-refractivity contribution in [3.63, 3.8) is 0 Å². The Bertz CT molecular complexity index is 1720. The van der Waals surface area contributed by atoms with Gasteiger partial charge < -0.3 is 25.3 Å². The maximum atomic E-state index is 14.5. The Hall–Kier alpha value is -4.66. The van der Waals surface area contributed by atoms with E-state index >= 15 is 0 Å². The molecule has 3 aromatic heterocycles. The Kier molecular flexibility index (Phi) is 6.88. The second-order valence-electron chi connectivity index (χ2n) is 9.94. The number of fused-ring (bicyclic) bond motifs is 2. The highest BCUT2D eigenvalue weighted by molar-refractivity contribution is 5.94. The molecule has 1 aliphatic heterocycles. The molecule has 4 N–H and O–H groups in total. The molecule has 1 aliphatic rings. The summed E-state index contributed by atoms with van der Waals surface area (Å²) in [5, 5.41) is 13.0. The third kappa shape index (κ3) is 4.68. The molecule has 4 aromatic rings. The molecule has 42 heavy (non-hydrogen) atoms. The summed E-state index contributed by atoms with van der Waals surface area (Å²) in [5.41, 5.74) is -2.07. The highest BCUT2D eigenvalue weighted by Gasteiger charge is 2.57. The molecule has 0 radical (unpaired) electrons. The number of aliphatic hydroxyl groups is 1. The predicted molar refractivity (Wildman–Crippen MR) is 134 cm³/mol. The summed E-state index contributed by atoms with van der Waals surface area (Å²) in [6.45, 7) is -1.51. The minimum Gasteiger partial charge on any atom is -0.489 e. The average Bonchev–Trinajstić information content (AvgIpc) is 3.53. The van der Waals surface area contributed by atoms with Crippen LogP contribution in [0.25, 0.3) is 16.9 Å². The van der Waals surface area contributed by atoms with E-state index < -0.39 is 65.1 Å². The first-order chi connectivity index (χ1) is 19.7. The molecule has 0 aliphatic carbocycles. The van der Waals surface area contributed by atoms with Gasteiger partial charge in [-0.05, 0) is 43.3 Å². The number of carbonyl (C=O) groups excluding carboxylic acids is 2. The van der Waals surface area contributed by atoms with Crippen LogP contribution >= 0.6 is 0 Å². The van der Waals surface area contributed by atoms with Gasteiger partial charge in [0.25, 0.3) is 5.91 Å². The van der Waals surface area contributed by atoms with Crippen LogP contribution < -0.4 is 15.8 Å². The quantitative estimate of drug-likeness (QED) is 0.282. The van der Waals surface area contributed by atoms with Crippen LogP contribution in [0.2, 0.25) is 0 Å². The van der Waals surface area contributed by atoms with Crippen molar-refractivity contribution in [1.82, 2.24) is 19.7 Å². The van der Waals surface area contributed by atoms with Crippen LogP contribution in [-0.2, 0) is 22.5 Å². The van der Waals surface area contributed by atoms with E-state index in [0.717, 1.165) is 35.0 Å². The smallest absolute Gasteiger partial charge is 0.424 e. The highest BCUT2D eigenvalue weighted by Crippen LogP contribution is 2.47. The molecule has 220 valence electrons. The normalized spacial score (nSPS) is 17.9. The summed E-state index contributed by atoms with van der Waals surface area (Å²) in [5.74, 6) is -3.91. The van der Waals surface area contributed by atoms with Crippen LogP contribution in [0, 0.1) is 11.6 Å². The van der Waals surface area contributed by atoms with E-state index in [4.69, 9.17) is 10.5 Å². The molecule has 0 unspecified atom stereocenters. The lowest BCUT2D eigenvalue weighted by atomic mass is 9.81. The SMILES string of the molecule is C[C@]1(C(N)=O)COc2c1cc([C@@](O)(CNC(=O)c1cc(F)c3nc(CF)cn3c1)C(F)(F)F)nc2-c1ccc(F)cc1. The van der Waals surface area contributed by atoms with Crippen LogP contribution in [0.4, 0.5) is 26.3 Å². The molecule has 1 aromatic carbocycles. The van der Waals surface area contributed by atoms with Crippen molar-refractivity contribution >= 4 is 17.5 Å². The van der Waals surface area contributed by atoms with Gasteiger partial charge in [0.15, 0.2) is 11.5 Å². The number of aromatic nitrogens is 3. The molecule has 4 heterocycles. The lowest BCUT2D eigenvalue weighted by Gasteiger charge is -2.31. The maximum Gasteiger partial charge on any atom is 0.424 e. The summed E-state index contributed by atoms with van der Waals surface area (Å²) in [4.78, 5) is 32.8. The Labute approximate surface area is 232 Å². The molecule has 2 amide bonds. The number of halogens is 6. The lowest BCUT2D eigenvalue weighted by molar-refractivity contribution is -0.265. The van der Waals surface area contributed by atoms with Crippen molar-refractivity contribution < 1.29 is 45.8 Å². The Balaban J connectivity index is 1.58. The first kappa shape index (κ1) is 28.9. The number of carbonyl (C=O) groups is 2. The third-order valence-electron chi connectivity index (χ3n) is 7.09. The number of primary amides is 1. The molecular formula is C27H21F6N5O4. The molecule has 0 saturated heterocycles. The number of hydrogen-bond donors (Lipinski definition) is 3. The van der Waals surface area contributed by atoms with E-state index in [1.165, 1.54) is 19.1 Å². The van der Waals surface area contributed by atoms with E-state index in [9.17, 15) is 41.0 Å². The van der Waals surface area contributed by atoms with Gasteiger partial charge in [-0.1, -0.05) is 0 Å². The number of nitrogens with one attached hydrogen (secondary N) is 1. The summed E-state index contributed by atoms with van der Waals surface area (Å²) in [7, 11) is 0. The zero-order valence-electron chi connectivity index (χ0n) is 21.6. The van der Waals surface area contributed by atoms with E-state index in [2.05, 4.69) is 9.97 Å². The summed E-state index contributed by atoms with van der Waals surface area (Å²) in [6.07, 6.45) is -3.31. The second kappa shape index (κ2) is 10.0. The van der Waals surface area contributed by atoms with Gasteiger partial charge in [-0.25, -0.2) is 23.1 Å². The zero-order valence-corrected chi connectivity index (χ0v) is 21.6. The Morgan fingerprint density at radius 1 is 1.14 bits per heavy atom. The van der Waals surface area contributed by atoms with Gasteiger partial charge in [-0.2, -0.15) is 13.2 Å². The minimum absolute atomic E-state index is 0.0861. The topological polar surface area (TPSA) is 132 Å². The largest absolute Gasteiger partial charge is 0.489 e. The van der Waals surface area contributed by atoms with Crippen molar-refractivity contribution in [1.29, 1.82) is 0 Å². The van der Waals surface area contributed by atoms with Gasteiger partial charge in [0, 0.05) is 23.5 Å². The molecule has 2 atom stereocenters. The number of rotatable bonds is 7. The molecular weight excluding hydrogens is 572 g/mol. The molecule has 5 rings (SSSR count). The molecule has 0 spiro atoms.